The summed E-state index contributed by atoms with van der Waals surface area (Å²) in [4.78, 5) is 15.7. The first-order chi connectivity index (χ1) is 33.2. The summed E-state index contributed by atoms with van der Waals surface area (Å²) in [5, 5.41) is 0.923. The summed E-state index contributed by atoms with van der Waals surface area (Å²) in [5.74, 6) is 4.79. The Bertz CT molecular complexity index is 3280. The number of aromatic nitrogens is 3. The van der Waals surface area contributed by atoms with Crippen molar-refractivity contribution in [2.75, 3.05) is 13.3 Å². The standard InChI is InChI=1S/C63H54N3OP/c1-68(2,67)59-33-29-49(30-34-59)53-16-10-18-56(41-53)63(57-36-42-35-43(38-57)39-58(63)37-42)55-31-27-51(28-32-55)61-64-60(65-62(66-61)54-17-9-15-52(40-54)45-13-7-4-8-14-45)50-25-23-48(24-26-50)47-21-19-46(20-22-47)44-11-5-3-6-12-44/h3-34,40-43,57-58H,35-39H2,1-2H3. The highest BCUT2D eigenvalue weighted by atomic mass is 31.2. The molecule has 1 aromatic heterocycles. The van der Waals surface area contributed by atoms with E-state index in [0.29, 0.717) is 29.3 Å². The van der Waals surface area contributed by atoms with Crippen molar-refractivity contribution in [2.24, 2.45) is 23.7 Å². The maximum atomic E-state index is 12.9. The predicted octanol–water partition coefficient (Wildman–Crippen LogP) is 15.5. The Morgan fingerprint density at radius 2 is 0.721 bits per heavy atom. The second kappa shape index (κ2) is 17.3. The van der Waals surface area contributed by atoms with Crippen LogP contribution in [0.25, 0.3) is 78.7 Å². The molecule has 4 saturated carbocycles. The fourth-order valence-corrected chi connectivity index (χ4v) is 13.3. The van der Waals surface area contributed by atoms with Crippen LogP contribution in [-0.4, -0.2) is 28.3 Å². The quantitative estimate of drug-likeness (QED) is 0.128. The molecule has 332 valence electrons. The van der Waals surface area contributed by atoms with Crippen molar-refractivity contribution in [1.29, 1.82) is 0 Å². The smallest absolute Gasteiger partial charge is 0.164 e. The minimum atomic E-state index is -2.34. The molecule has 9 aromatic rings. The molecule has 0 saturated heterocycles. The van der Waals surface area contributed by atoms with Crippen molar-refractivity contribution in [2.45, 2.75) is 37.5 Å². The molecule has 4 aliphatic carbocycles. The molecule has 0 radical (unpaired) electrons. The van der Waals surface area contributed by atoms with Crippen LogP contribution in [0.15, 0.2) is 206 Å². The summed E-state index contributed by atoms with van der Waals surface area (Å²) < 4.78 is 12.9. The van der Waals surface area contributed by atoms with Gasteiger partial charge >= 0.3 is 0 Å². The minimum absolute atomic E-state index is 0.0820. The van der Waals surface area contributed by atoms with Crippen LogP contribution in [-0.2, 0) is 9.98 Å². The van der Waals surface area contributed by atoms with E-state index in [1.807, 2.05) is 13.3 Å². The van der Waals surface area contributed by atoms with Crippen LogP contribution in [0.1, 0.15) is 43.2 Å². The molecule has 4 bridgehead atoms. The van der Waals surface area contributed by atoms with Gasteiger partial charge in [0.05, 0.1) is 0 Å². The van der Waals surface area contributed by atoms with E-state index in [0.717, 1.165) is 56.1 Å². The predicted molar refractivity (Wildman–Crippen MR) is 281 cm³/mol. The van der Waals surface area contributed by atoms with Crippen LogP contribution in [0.5, 0.6) is 0 Å². The number of benzene rings is 8. The third-order valence-corrected chi connectivity index (χ3v) is 17.1. The molecule has 0 atom stereocenters. The summed E-state index contributed by atoms with van der Waals surface area (Å²) in [6, 6.07) is 74.0. The molecule has 4 nitrogen and oxygen atoms in total. The van der Waals surface area contributed by atoms with Gasteiger partial charge in [0.15, 0.2) is 17.5 Å². The maximum Gasteiger partial charge on any atom is 0.164 e. The van der Waals surface area contributed by atoms with Crippen LogP contribution < -0.4 is 5.30 Å². The highest BCUT2D eigenvalue weighted by Crippen LogP contribution is 2.65. The normalized spacial score (nSPS) is 20.6. The molecule has 8 aromatic carbocycles. The lowest BCUT2D eigenvalue weighted by atomic mass is 9.42. The zero-order valence-electron chi connectivity index (χ0n) is 38.7. The molecule has 1 heterocycles. The van der Waals surface area contributed by atoms with Crippen LogP contribution in [0.4, 0.5) is 0 Å². The zero-order chi connectivity index (χ0) is 45.8. The number of hydrogen-bond donors (Lipinski definition) is 0. The Kier molecular flexibility index (Phi) is 10.8. The van der Waals surface area contributed by atoms with E-state index >= 15 is 0 Å². The molecule has 13 rings (SSSR count). The molecule has 0 unspecified atom stereocenters. The van der Waals surface area contributed by atoms with Crippen LogP contribution in [0.2, 0.25) is 0 Å². The molecule has 4 fully saturated rings. The molecule has 0 N–H and O–H groups in total. The lowest BCUT2D eigenvalue weighted by Crippen LogP contribution is -2.56. The van der Waals surface area contributed by atoms with E-state index in [2.05, 4.69) is 206 Å². The number of hydrogen-bond acceptors (Lipinski definition) is 4. The van der Waals surface area contributed by atoms with E-state index in [1.165, 1.54) is 65.5 Å². The molecule has 4 aliphatic rings. The van der Waals surface area contributed by atoms with Gasteiger partial charge in [-0.2, -0.15) is 0 Å². The third-order valence-electron chi connectivity index (χ3n) is 15.5. The topological polar surface area (TPSA) is 55.7 Å². The fourth-order valence-electron chi connectivity index (χ4n) is 12.4. The Morgan fingerprint density at radius 1 is 0.353 bits per heavy atom. The molecule has 5 heteroatoms. The van der Waals surface area contributed by atoms with Crippen LogP contribution >= 0.6 is 7.14 Å². The Labute approximate surface area is 400 Å². The summed E-state index contributed by atoms with van der Waals surface area (Å²) in [6.45, 7) is 3.69. The van der Waals surface area contributed by atoms with Gasteiger partial charge in [0.25, 0.3) is 0 Å². The lowest BCUT2D eigenvalue weighted by Gasteiger charge is -2.62. The van der Waals surface area contributed by atoms with Gasteiger partial charge in [-0.1, -0.05) is 200 Å². The van der Waals surface area contributed by atoms with Crippen LogP contribution in [0.3, 0.4) is 0 Å². The Morgan fingerprint density at radius 3 is 1.24 bits per heavy atom. The zero-order valence-corrected chi connectivity index (χ0v) is 39.6. The maximum absolute atomic E-state index is 12.9. The van der Waals surface area contributed by atoms with Gasteiger partial charge in [-0.3, -0.25) is 0 Å². The summed E-state index contributed by atoms with van der Waals surface area (Å²) in [7, 11) is -2.34. The SMILES string of the molecule is CP(C)(=O)c1ccc(-c2cccc(C3(c4ccc(-c5nc(-c6ccc(-c7ccc(-c8ccccc8)cc7)cc6)nc(-c6cccc(-c7ccccc7)c6)n5)cc4)C4CC5CC(C4)CC3C5)c2)cc1. The second-order valence-electron chi connectivity index (χ2n) is 20.0. The third kappa shape index (κ3) is 7.85. The molecule has 68 heavy (non-hydrogen) atoms. The molecular formula is C63H54N3OP. The first kappa shape index (κ1) is 42.4. The number of nitrogens with zero attached hydrogens (tertiary/aromatic N) is 3. The van der Waals surface area contributed by atoms with Gasteiger partial charge in [0, 0.05) is 27.4 Å². The van der Waals surface area contributed by atoms with E-state index in [4.69, 9.17) is 15.0 Å². The second-order valence-corrected chi connectivity index (χ2v) is 23.2. The van der Waals surface area contributed by atoms with Crippen molar-refractivity contribution in [3.63, 3.8) is 0 Å². The monoisotopic (exact) mass is 899 g/mol. The van der Waals surface area contributed by atoms with Gasteiger partial charge in [0.1, 0.15) is 7.14 Å². The average Bonchev–Trinajstić information content (AvgIpc) is 3.39. The van der Waals surface area contributed by atoms with E-state index < -0.39 is 7.14 Å². The van der Waals surface area contributed by atoms with Crippen LogP contribution in [0, 0.1) is 23.7 Å². The molecule has 0 spiro atoms. The summed E-state index contributed by atoms with van der Waals surface area (Å²) in [5.41, 5.74) is 15.0. The average molecular weight is 900 g/mol. The summed E-state index contributed by atoms with van der Waals surface area (Å²) in [6.07, 6.45) is 6.55. The van der Waals surface area contributed by atoms with Gasteiger partial charge in [-0.05, 0) is 131 Å². The van der Waals surface area contributed by atoms with Crippen molar-refractivity contribution in [1.82, 2.24) is 15.0 Å². The van der Waals surface area contributed by atoms with Gasteiger partial charge in [-0.15, -0.1) is 0 Å². The fraction of sp³-hybridized carbons (Fsp3) is 0.190. The van der Waals surface area contributed by atoms with Crippen molar-refractivity contribution in [3.05, 3.63) is 217 Å². The van der Waals surface area contributed by atoms with E-state index in [1.54, 1.807) is 0 Å². The highest BCUT2D eigenvalue weighted by molar-refractivity contribution is 7.70. The molecule has 0 aliphatic heterocycles. The van der Waals surface area contributed by atoms with Crippen molar-refractivity contribution < 1.29 is 4.57 Å². The van der Waals surface area contributed by atoms with Gasteiger partial charge < -0.3 is 4.57 Å². The van der Waals surface area contributed by atoms with Gasteiger partial charge in [0.2, 0.25) is 0 Å². The van der Waals surface area contributed by atoms with Crippen molar-refractivity contribution in [3.8, 4) is 78.7 Å². The Balaban J connectivity index is 0.927. The molecule has 0 amide bonds. The summed E-state index contributed by atoms with van der Waals surface area (Å²) >= 11 is 0. The van der Waals surface area contributed by atoms with Gasteiger partial charge in [-0.25, -0.2) is 15.0 Å². The van der Waals surface area contributed by atoms with E-state index in [9.17, 15) is 4.57 Å². The molecular weight excluding hydrogens is 846 g/mol. The first-order valence-electron chi connectivity index (χ1n) is 24.3. The largest absolute Gasteiger partial charge is 0.319 e. The minimum Gasteiger partial charge on any atom is -0.319 e. The Hall–Kier alpha value is -7.00. The van der Waals surface area contributed by atoms with E-state index in [-0.39, 0.29) is 5.41 Å². The first-order valence-corrected chi connectivity index (χ1v) is 26.9. The lowest BCUT2D eigenvalue weighted by molar-refractivity contribution is -0.0418. The van der Waals surface area contributed by atoms with Crippen molar-refractivity contribution >= 4 is 12.4 Å². The highest BCUT2D eigenvalue weighted by Gasteiger charge is 2.58. The number of rotatable bonds is 10.